The molecule has 0 aliphatic carbocycles. The lowest BCUT2D eigenvalue weighted by Crippen LogP contribution is -2.51. The fraction of sp³-hybridized carbons (Fsp3) is 0.281. The Labute approximate surface area is 227 Å². The van der Waals surface area contributed by atoms with Gasteiger partial charge < -0.3 is 10.2 Å². The molecule has 0 radical (unpaired) electrons. The Hall–Kier alpha value is -3.70. The van der Waals surface area contributed by atoms with Crippen LogP contribution in [-0.4, -0.2) is 29.6 Å². The van der Waals surface area contributed by atoms with E-state index in [1.165, 1.54) is 0 Å². The zero-order valence-corrected chi connectivity index (χ0v) is 22.5. The summed E-state index contributed by atoms with van der Waals surface area (Å²) >= 11 is 6.57. The largest absolute Gasteiger partial charge is 0.352 e. The summed E-state index contributed by atoms with van der Waals surface area (Å²) in [6, 6.07) is 20.9. The smallest absolute Gasteiger partial charge is 0.238 e. The van der Waals surface area contributed by atoms with Gasteiger partial charge in [-0.15, -0.1) is 0 Å². The van der Waals surface area contributed by atoms with Crippen LogP contribution < -0.4 is 10.2 Å². The minimum absolute atomic E-state index is 0.0929. The number of hydrogen-bond donors (Lipinski definition) is 1. The predicted octanol–water partition coefficient (Wildman–Crippen LogP) is 6.32. The van der Waals surface area contributed by atoms with Crippen molar-refractivity contribution in [1.29, 1.82) is 0 Å². The molecule has 1 fully saturated rings. The van der Waals surface area contributed by atoms with Crippen molar-refractivity contribution in [3.8, 4) is 0 Å². The molecule has 38 heavy (non-hydrogen) atoms. The van der Waals surface area contributed by atoms with E-state index in [9.17, 15) is 14.4 Å². The van der Waals surface area contributed by atoms with Gasteiger partial charge in [0.05, 0.1) is 17.0 Å². The highest BCUT2D eigenvalue weighted by Crippen LogP contribution is 2.59. The van der Waals surface area contributed by atoms with Crippen molar-refractivity contribution in [3.63, 3.8) is 0 Å². The second-order valence-electron chi connectivity index (χ2n) is 11.5. The number of nitrogens with zero attached hydrogens (tertiary/aromatic N) is 1. The molecule has 0 aromatic heterocycles. The molecule has 5 nitrogen and oxygen atoms in total. The van der Waals surface area contributed by atoms with Crippen LogP contribution in [0.3, 0.4) is 0 Å². The Morgan fingerprint density at radius 2 is 1.61 bits per heavy atom. The summed E-state index contributed by atoms with van der Waals surface area (Å²) in [5.41, 5.74) is 2.48. The van der Waals surface area contributed by atoms with E-state index in [0.717, 1.165) is 22.4 Å². The van der Waals surface area contributed by atoms with Crippen LogP contribution in [0.2, 0.25) is 5.02 Å². The maximum Gasteiger partial charge on any atom is 0.238 e. The minimum Gasteiger partial charge on any atom is -0.352 e. The first kappa shape index (κ1) is 24.6. The summed E-state index contributed by atoms with van der Waals surface area (Å²) in [6.07, 6.45) is 2.06. The van der Waals surface area contributed by atoms with E-state index in [-0.39, 0.29) is 17.5 Å². The number of Topliss-reactive ketones (excluding diaryl/α,β-unsaturated/α-hetero) is 2. The Balaban J connectivity index is 1.72. The number of hydrogen-bond acceptors (Lipinski definition) is 4. The normalized spacial score (nSPS) is 25.4. The maximum absolute atomic E-state index is 14.7. The van der Waals surface area contributed by atoms with Crippen molar-refractivity contribution in [2.45, 2.75) is 45.2 Å². The van der Waals surface area contributed by atoms with Gasteiger partial charge in [-0.25, -0.2) is 0 Å². The zero-order valence-electron chi connectivity index (χ0n) is 21.8. The number of nitrogens with one attached hydrogen (secondary N) is 1. The second-order valence-corrected chi connectivity index (χ2v) is 11.9. The van der Waals surface area contributed by atoms with Gasteiger partial charge >= 0.3 is 0 Å². The number of rotatable bonds is 3. The Morgan fingerprint density at radius 1 is 0.947 bits per heavy atom. The number of ketones is 2. The molecule has 1 amide bonds. The van der Waals surface area contributed by atoms with Crippen molar-refractivity contribution in [3.05, 3.63) is 101 Å². The molecule has 3 aromatic rings. The molecule has 1 N–H and O–H groups in total. The minimum atomic E-state index is -1.33. The highest BCUT2D eigenvalue weighted by Gasteiger charge is 2.71. The number of allylic oxidation sites excluding steroid dienone is 1. The van der Waals surface area contributed by atoms with Gasteiger partial charge in [-0.2, -0.15) is 0 Å². The lowest BCUT2D eigenvalue weighted by Gasteiger charge is -2.39. The lowest BCUT2D eigenvalue weighted by molar-refractivity contribution is -0.128. The molecule has 3 heterocycles. The van der Waals surface area contributed by atoms with Gasteiger partial charge in [0.25, 0.3) is 0 Å². The van der Waals surface area contributed by atoms with E-state index < -0.39 is 28.8 Å². The first-order valence-electron chi connectivity index (χ1n) is 12.9. The maximum atomic E-state index is 14.7. The Kier molecular flexibility index (Phi) is 5.45. The highest BCUT2D eigenvalue weighted by atomic mass is 35.5. The number of halogens is 1. The van der Waals surface area contributed by atoms with Gasteiger partial charge in [0.15, 0.2) is 11.6 Å². The zero-order chi connectivity index (χ0) is 27.0. The number of fused-ring (bicyclic) bond motifs is 6. The molecule has 1 saturated heterocycles. The molecule has 6 heteroatoms. The summed E-state index contributed by atoms with van der Waals surface area (Å²) in [5, 5.41) is 3.36. The van der Waals surface area contributed by atoms with Gasteiger partial charge in [0.2, 0.25) is 5.91 Å². The van der Waals surface area contributed by atoms with E-state index in [2.05, 4.69) is 11.4 Å². The molecule has 0 bridgehead atoms. The molecule has 6 rings (SSSR count). The average Bonchev–Trinajstić information content (AvgIpc) is 3.36. The standard InChI is InChI=1S/C32H29ClN2O3/c1-18-17-25-32(21-13-7-9-15-23(21)34-30(32)38)26(28(36)20-12-5-8-14-22(20)33)27(29(37)31(2,3)4)35(25)24-16-10-6-11-19(18)24/h5-17,25-27H,1-4H3,(H,34,38). The van der Waals surface area contributed by atoms with E-state index in [1.54, 1.807) is 24.3 Å². The first-order valence-corrected chi connectivity index (χ1v) is 13.3. The number of benzene rings is 3. The monoisotopic (exact) mass is 524 g/mol. The van der Waals surface area contributed by atoms with Crippen molar-refractivity contribution in [2.24, 2.45) is 11.3 Å². The average molecular weight is 525 g/mol. The highest BCUT2D eigenvalue weighted by molar-refractivity contribution is 6.34. The molecule has 3 aromatic carbocycles. The second kappa shape index (κ2) is 8.40. The molecule has 4 unspecified atom stereocenters. The molecule has 0 saturated carbocycles. The SMILES string of the molecule is CC1=CC2N(c3ccccc31)C(C(=O)C(C)(C)C)C(C(=O)c1ccccc1Cl)C21C(=O)Nc2ccccc21. The third kappa shape index (κ3) is 3.21. The number of anilines is 2. The molecule has 192 valence electrons. The van der Waals surface area contributed by atoms with E-state index in [4.69, 9.17) is 11.6 Å². The van der Waals surface area contributed by atoms with Crippen LogP contribution in [0.25, 0.3) is 5.57 Å². The number of para-hydroxylation sites is 2. The van der Waals surface area contributed by atoms with Crippen molar-refractivity contribution in [2.75, 3.05) is 10.2 Å². The molecular formula is C32H29ClN2O3. The van der Waals surface area contributed by atoms with Crippen LogP contribution in [0.4, 0.5) is 11.4 Å². The van der Waals surface area contributed by atoms with Gasteiger partial charge in [0, 0.05) is 27.9 Å². The van der Waals surface area contributed by atoms with Crippen LogP contribution in [0.5, 0.6) is 0 Å². The Bertz CT molecular complexity index is 1550. The van der Waals surface area contributed by atoms with Crippen LogP contribution in [0, 0.1) is 11.3 Å². The number of carbonyl (C=O) groups is 3. The Morgan fingerprint density at radius 3 is 2.34 bits per heavy atom. The third-order valence-electron chi connectivity index (χ3n) is 8.31. The quantitative estimate of drug-likeness (QED) is 0.407. The van der Waals surface area contributed by atoms with Crippen molar-refractivity contribution < 1.29 is 14.4 Å². The lowest BCUT2D eigenvalue weighted by atomic mass is 9.63. The molecular weight excluding hydrogens is 496 g/mol. The fourth-order valence-electron chi connectivity index (χ4n) is 6.66. The van der Waals surface area contributed by atoms with Crippen LogP contribution in [0.1, 0.15) is 49.2 Å². The van der Waals surface area contributed by atoms with Crippen molar-refractivity contribution in [1.82, 2.24) is 0 Å². The van der Waals surface area contributed by atoms with E-state index in [0.29, 0.717) is 16.3 Å². The van der Waals surface area contributed by atoms with Gasteiger partial charge in [-0.3, -0.25) is 14.4 Å². The number of carbonyl (C=O) groups excluding carboxylic acids is 3. The predicted molar refractivity (Wildman–Crippen MR) is 151 cm³/mol. The first-order chi connectivity index (χ1) is 18.1. The van der Waals surface area contributed by atoms with Gasteiger partial charge in [0.1, 0.15) is 11.5 Å². The third-order valence-corrected chi connectivity index (χ3v) is 8.64. The van der Waals surface area contributed by atoms with E-state index >= 15 is 0 Å². The summed E-state index contributed by atoms with van der Waals surface area (Å²) < 4.78 is 0. The van der Waals surface area contributed by atoms with E-state index in [1.807, 2.05) is 81.1 Å². The molecule has 3 aliphatic heterocycles. The van der Waals surface area contributed by atoms with Crippen LogP contribution in [0.15, 0.2) is 78.9 Å². The van der Waals surface area contributed by atoms with Crippen LogP contribution >= 0.6 is 11.6 Å². The van der Waals surface area contributed by atoms with Gasteiger partial charge in [-0.1, -0.05) is 87.0 Å². The molecule has 4 atom stereocenters. The molecule has 1 spiro atoms. The summed E-state index contributed by atoms with van der Waals surface area (Å²) in [6.45, 7) is 7.62. The number of amides is 1. The fourth-order valence-corrected chi connectivity index (χ4v) is 6.89. The summed E-state index contributed by atoms with van der Waals surface area (Å²) in [7, 11) is 0. The van der Waals surface area contributed by atoms with Crippen LogP contribution in [-0.2, 0) is 15.0 Å². The topological polar surface area (TPSA) is 66.5 Å². The van der Waals surface area contributed by atoms with Gasteiger partial charge in [-0.05, 0) is 42.3 Å². The molecule has 3 aliphatic rings. The summed E-state index contributed by atoms with van der Waals surface area (Å²) in [4.78, 5) is 45.5. The summed E-state index contributed by atoms with van der Waals surface area (Å²) in [5.74, 6) is -1.67. The van der Waals surface area contributed by atoms with Crippen molar-refractivity contribution >= 4 is 46.0 Å².